The molecular weight excluding hydrogens is 350 g/mol. The number of hydrogen-bond acceptors (Lipinski definition) is 3. The molecule has 3 rings (SSSR count). The van der Waals surface area contributed by atoms with Crippen LogP contribution in [-0.2, 0) is 17.9 Å². The van der Waals surface area contributed by atoms with Crippen molar-refractivity contribution in [3.63, 3.8) is 0 Å². The third kappa shape index (κ3) is 5.16. The number of benzene rings is 2. The van der Waals surface area contributed by atoms with Crippen LogP contribution in [0, 0.1) is 0 Å². The molecule has 5 nitrogen and oxygen atoms in total. The molecule has 0 saturated heterocycles. The van der Waals surface area contributed by atoms with E-state index < -0.39 is 0 Å². The summed E-state index contributed by atoms with van der Waals surface area (Å²) in [5, 5.41) is 7.28. The van der Waals surface area contributed by atoms with Gasteiger partial charge in [-0.3, -0.25) is 9.59 Å². The van der Waals surface area contributed by atoms with Gasteiger partial charge in [-0.05, 0) is 23.1 Å². The number of amides is 1. The Hall–Kier alpha value is -3.21. The van der Waals surface area contributed by atoms with Crippen LogP contribution >= 0.6 is 0 Å². The Labute approximate surface area is 165 Å². The van der Waals surface area contributed by atoms with Crippen LogP contribution in [0.4, 0.5) is 0 Å². The van der Waals surface area contributed by atoms with Crippen molar-refractivity contribution >= 4 is 5.91 Å². The third-order valence-corrected chi connectivity index (χ3v) is 4.62. The maximum absolute atomic E-state index is 12.2. The molecule has 0 saturated carbocycles. The molecule has 1 amide bonds. The Bertz CT molecular complexity index is 977. The number of hydrogen-bond donors (Lipinski definition) is 1. The molecule has 0 aliphatic heterocycles. The van der Waals surface area contributed by atoms with Crippen LogP contribution in [0.25, 0.3) is 11.3 Å². The maximum atomic E-state index is 12.2. The summed E-state index contributed by atoms with van der Waals surface area (Å²) in [5.74, 6) is 0.382. The average molecular weight is 375 g/mol. The van der Waals surface area contributed by atoms with Crippen LogP contribution in [0.5, 0.6) is 0 Å². The summed E-state index contributed by atoms with van der Waals surface area (Å²) in [6.07, 6.45) is 0.204. The second kappa shape index (κ2) is 9.13. The average Bonchev–Trinajstić information content (AvgIpc) is 2.72. The van der Waals surface area contributed by atoms with Gasteiger partial charge in [0, 0.05) is 24.6 Å². The van der Waals surface area contributed by atoms with Crippen LogP contribution in [-0.4, -0.2) is 15.7 Å². The van der Waals surface area contributed by atoms with Crippen molar-refractivity contribution in [3.05, 3.63) is 88.2 Å². The Morgan fingerprint density at radius 1 is 1.00 bits per heavy atom. The molecule has 0 fully saturated rings. The van der Waals surface area contributed by atoms with Crippen molar-refractivity contribution < 1.29 is 4.79 Å². The molecule has 0 bridgehead atoms. The number of carbonyl (C=O) groups excluding carboxylic acids is 1. The van der Waals surface area contributed by atoms with Crippen molar-refractivity contribution in [2.24, 2.45) is 0 Å². The van der Waals surface area contributed by atoms with Gasteiger partial charge in [-0.2, -0.15) is 5.10 Å². The van der Waals surface area contributed by atoms with Crippen LogP contribution in [0.3, 0.4) is 0 Å². The predicted octanol–water partition coefficient (Wildman–Crippen LogP) is 3.74. The molecule has 1 N–H and O–H groups in total. The number of carbonyl (C=O) groups is 1. The second-order valence-electron chi connectivity index (χ2n) is 7.07. The highest BCUT2D eigenvalue weighted by molar-refractivity contribution is 5.75. The highest BCUT2D eigenvalue weighted by Crippen LogP contribution is 2.15. The van der Waals surface area contributed by atoms with Gasteiger partial charge in [0.1, 0.15) is 0 Å². The van der Waals surface area contributed by atoms with Gasteiger partial charge >= 0.3 is 0 Å². The highest BCUT2D eigenvalue weighted by Gasteiger charge is 2.07. The molecule has 5 heteroatoms. The first-order valence-corrected chi connectivity index (χ1v) is 9.52. The van der Waals surface area contributed by atoms with E-state index in [1.54, 1.807) is 6.07 Å². The van der Waals surface area contributed by atoms with Gasteiger partial charge < -0.3 is 5.32 Å². The van der Waals surface area contributed by atoms with Gasteiger partial charge in [0.15, 0.2) is 0 Å². The number of nitrogens with one attached hydrogen (secondary N) is 1. The summed E-state index contributed by atoms with van der Waals surface area (Å²) in [6.45, 7) is 5.03. The topological polar surface area (TPSA) is 64.0 Å². The Morgan fingerprint density at radius 3 is 2.39 bits per heavy atom. The van der Waals surface area contributed by atoms with Gasteiger partial charge in [-0.15, -0.1) is 0 Å². The standard InChI is InChI=1S/C23H25N3O2/c1-17(2)19-10-8-18(9-11-19)16-24-22(27)14-15-26-23(28)13-12-21(25-26)20-6-4-3-5-7-20/h3-13,17H,14-16H2,1-2H3,(H,24,27). The first-order valence-electron chi connectivity index (χ1n) is 9.52. The van der Waals surface area contributed by atoms with E-state index >= 15 is 0 Å². The zero-order valence-corrected chi connectivity index (χ0v) is 16.3. The molecule has 0 unspecified atom stereocenters. The van der Waals surface area contributed by atoms with Crippen molar-refractivity contribution in [1.29, 1.82) is 0 Å². The van der Waals surface area contributed by atoms with E-state index in [4.69, 9.17) is 0 Å². The normalized spacial score (nSPS) is 10.8. The quantitative estimate of drug-likeness (QED) is 0.684. The largest absolute Gasteiger partial charge is 0.352 e. The molecular formula is C23H25N3O2. The first-order chi connectivity index (χ1) is 13.5. The number of nitrogens with zero attached hydrogens (tertiary/aromatic N) is 2. The molecule has 0 atom stereocenters. The van der Waals surface area contributed by atoms with Crippen LogP contribution in [0.15, 0.2) is 71.5 Å². The lowest BCUT2D eigenvalue weighted by Crippen LogP contribution is -2.28. The van der Waals surface area contributed by atoms with Gasteiger partial charge in [0.05, 0.1) is 12.2 Å². The molecule has 1 heterocycles. The van der Waals surface area contributed by atoms with Gasteiger partial charge in [0.2, 0.25) is 5.91 Å². The summed E-state index contributed by atoms with van der Waals surface area (Å²) < 4.78 is 1.35. The lowest BCUT2D eigenvalue weighted by atomic mass is 10.0. The van der Waals surface area contributed by atoms with E-state index in [0.717, 1.165) is 11.1 Å². The number of aromatic nitrogens is 2. The van der Waals surface area contributed by atoms with E-state index in [9.17, 15) is 9.59 Å². The monoisotopic (exact) mass is 375 g/mol. The number of aryl methyl sites for hydroxylation is 1. The second-order valence-corrected chi connectivity index (χ2v) is 7.07. The fourth-order valence-corrected chi connectivity index (χ4v) is 2.89. The summed E-state index contributed by atoms with van der Waals surface area (Å²) in [4.78, 5) is 24.2. The fraction of sp³-hybridized carbons (Fsp3) is 0.261. The minimum Gasteiger partial charge on any atom is -0.352 e. The van der Waals surface area contributed by atoms with E-state index in [-0.39, 0.29) is 24.4 Å². The number of rotatable bonds is 7. The van der Waals surface area contributed by atoms with Crippen molar-refractivity contribution in [2.75, 3.05) is 0 Å². The lowest BCUT2D eigenvalue weighted by Gasteiger charge is -2.09. The van der Waals surface area contributed by atoms with Crippen molar-refractivity contribution in [1.82, 2.24) is 15.1 Å². The van der Waals surface area contributed by atoms with Crippen molar-refractivity contribution in [3.8, 4) is 11.3 Å². The van der Waals surface area contributed by atoms with Gasteiger partial charge in [-0.25, -0.2) is 4.68 Å². The fourth-order valence-electron chi connectivity index (χ4n) is 2.89. The molecule has 1 aromatic heterocycles. The zero-order valence-electron chi connectivity index (χ0n) is 16.3. The molecule has 0 aliphatic carbocycles. The maximum Gasteiger partial charge on any atom is 0.266 e. The summed E-state index contributed by atoms with van der Waals surface area (Å²) in [6, 6.07) is 21.1. The van der Waals surface area contributed by atoms with Gasteiger partial charge in [0.25, 0.3) is 5.56 Å². The summed E-state index contributed by atoms with van der Waals surface area (Å²) in [7, 11) is 0. The smallest absolute Gasteiger partial charge is 0.266 e. The Balaban J connectivity index is 1.56. The van der Waals surface area contributed by atoms with E-state index in [0.29, 0.717) is 18.2 Å². The SMILES string of the molecule is CC(C)c1ccc(CNC(=O)CCn2nc(-c3ccccc3)ccc2=O)cc1. The predicted molar refractivity (Wildman–Crippen MR) is 111 cm³/mol. The molecule has 2 aromatic carbocycles. The lowest BCUT2D eigenvalue weighted by molar-refractivity contribution is -0.121. The molecule has 3 aromatic rings. The zero-order chi connectivity index (χ0) is 19.9. The van der Waals surface area contributed by atoms with Crippen LogP contribution in [0.1, 0.15) is 37.3 Å². The minimum atomic E-state index is -0.211. The van der Waals surface area contributed by atoms with Gasteiger partial charge in [-0.1, -0.05) is 68.4 Å². The minimum absolute atomic E-state index is 0.105. The van der Waals surface area contributed by atoms with E-state index in [1.807, 2.05) is 42.5 Å². The van der Waals surface area contributed by atoms with Crippen LogP contribution in [0.2, 0.25) is 0 Å². The highest BCUT2D eigenvalue weighted by atomic mass is 16.2. The molecule has 28 heavy (non-hydrogen) atoms. The Morgan fingerprint density at radius 2 is 1.71 bits per heavy atom. The molecule has 144 valence electrons. The Kier molecular flexibility index (Phi) is 6.37. The third-order valence-electron chi connectivity index (χ3n) is 4.62. The first kappa shape index (κ1) is 19.5. The summed E-state index contributed by atoms with van der Waals surface area (Å²) in [5.41, 5.74) is 3.77. The van der Waals surface area contributed by atoms with E-state index in [2.05, 4.69) is 36.4 Å². The molecule has 0 radical (unpaired) electrons. The van der Waals surface area contributed by atoms with Crippen LogP contribution < -0.4 is 10.9 Å². The molecule has 0 spiro atoms. The molecule has 0 aliphatic rings. The van der Waals surface area contributed by atoms with E-state index in [1.165, 1.54) is 16.3 Å². The summed E-state index contributed by atoms with van der Waals surface area (Å²) >= 11 is 0. The van der Waals surface area contributed by atoms with Crippen molar-refractivity contribution in [2.45, 2.75) is 39.3 Å².